The smallest absolute Gasteiger partial charge is 0.312 e. The summed E-state index contributed by atoms with van der Waals surface area (Å²) in [5.74, 6) is -2.42. The van der Waals surface area contributed by atoms with Crippen molar-refractivity contribution in [2.24, 2.45) is 0 Å². The second kappa shape index (κ2) is 7.85. The molecule has 1 heterocycles. The van der Waals surface area contributed by atoms with Gasteiger partial charge in [0.1, 0.15) is 0 Å². The largest absolute Gasteiger partial charge is 0.481 e. The predicted octanol–water partition coefficient (Wildman–Crippen LogP) is 4.30. The summed E-state index contributed by atoms with van der Waals surface area (Å²) in [6, 6.07) is 22.8. The van der Waals surface area contributed by atoms with Crippen molar-refractivity contribution in [1.29, 1.82) is 0 Å². The summed E-state index contributed by atoms with van der Waals surface area (Å²) in [6.45, 7) is 1.43. The minimum atomic E-state index is -4.05. The Balaban J connectivity index is 1.93. The third-order valence-electron chi connectivity index (χ3n) is 5.18. The summed E-state index contributed by atoms with van der Waals surface area (Å²) in [4.78, 5) is 24.6. The lowest BCUT2D eigenvalue weighted by molar-refractivity contribution is -0.138. The zero-order valence-electron chi connectivity index (χ0n) is 16.6. The van der Waals surface area contributed by atoms with Crippen molar-refractivity contribution in [3.05, 3.63) is 102 Å². The average Bonchev–Trinajstić information content (AvgIpc) is 3.18. The molecule has 0 spiro atoms. The topological polar surface area (TPSA) is 93.4 Å². The van der Waals surface area contributed by atoms with Crippen molar-refractivity contribution in [2.45, 2.75) is 17.7 Å². The van der Waals surface area contributed by atoms with E-state index in [1.165, 1.54) is 25.1 Å². The molecule has 1 aromatic heterocycles. The molecule has 1 atom stereocenters. The lowest BCUT2D eigenvalue weighted by atomic mass is 10.0. The van der Waals surface area contributed by atoms with Gasteiger partial charge in [0.25, 0.3) is 10.0 Å². The van der Waals surface area contributed by atoms with Crippen LogP contribution in [-0.4, -0.2) is 29.2 Å². The zero-order chi connectivity index (χ0) is 22.2. The van der Waals surface area contributed by atoms with Crippen LogP contribution in [-0.2, 0) is 14.8 Å². The van der Waals surface area contributed by atoms with E-state index >= 15 is 0 Å². The van der Waals surface area contributed by atoms with Crippen molar-refractivity contribution in [3.8, 4) is 0 Å². The number of hydrogen-bond acceptors (Lipinski definition) is 4. The third-order valence-corrected chi connectivity index (χ3v) is 6.93. The lowest BCUT2D eigenvalue weighted by Gasteiger charge is -2.14. The molecule has 3 aromatic carbocycles. The molecule has 0 radical (unpaired) electrons. The van der Waals surface area contributed by atoms with Crippen LogP contribution in [0.5, 0.6) is 0 Å². The Hall–Kier alpha value is -3.71. The van der Waals surface area contributed by atoms with Crippen molar-refractivity contribution >= 4 is 32.7 Å². The molecule has 0 saturated carbocycles. The van der Waals surface area contributed by atoms with Crippen molar-refractivity contribution in [3.63, 3.8) is 0 Å². The SMILES string of the molecule is CC(C(=O)O)c1cc2cc(C(=O)c3ccccc3)ccc2n1S(=O)(=O)c1ccccc1. The molecule has 0 aliphatic rings. The van der Waals surface area contributed by atoms with Crippen molar-refractivity contribution in [2.75, 3.05) is 0 Å². The summed E-state index contributed by atoms with van der Waals surface area (Å²) in [7, 11) is -4.05. The molecule has 0 aliphatic heterocycles. The second-order valence-electron chi connectivity index (χ2n) is 7.18. The Labute approximate surface area is 179 Å². The van der Waals surface area contributed by atoms with Crippen LogP contribution >= 0.6 is 0 Å². The summed E-state index contributed by atoms with van der Waals surface area (Å²) in [5, 5.41) is 10.0. The number of carbonyl (C=O) groups excluding carboxylic acids is 1. The first-order valence-corrected chi connectivity index (χ1v) is 11.0. The van der Waals surface area contributed by atoms with Crippen LogP contribution in [0.3, 0.4) is 0 Å². The van der Waals surface area contributed by atoms with Crippen LogP contribution in [0.15, 0.2) is 89.8 Å². The zero-order valence-corrected chi connectivity index (χ0v) is 17.4. The third kappa shape index (κ3) is 3.64. The first kappa shape index (κ1) is 20.6. The summed E-state index contributed by atoms with van der Waals surface area (Å²) < 4.78 is 27.9. The number of carboxylic acid groups (broad SMARTS) is 1. The number of rotatable bonds is 6. The molecule has 1 unspecified atom stereocenters. The van der Waals surface area contributed by atoms with Gasteiger partial charge in [0, 0.05) is 22.2 Å². The van der Waals surface area contributed by atoms with E-state index in [1.54, 1.807) is 60.7 Å². The molecular formula is C24H19NO5S. The normalized spacial score (nSPS) is 12.5. The van der Waals surface area contributed by atoms with Crippen LogP contribution in [0.2, 0.25) is 0 Å². The molecule has 6 nitrogen and oxygen atoms in total. The van der Waals surface area contributed by atoms with Crippen molar-refractivity contribution < 1.29 is 23.1 Å². The number of benzene rings is 3. The van der Waals surface area contributed by atoms with Gasteiger partial charge >= 0.3 is 5.97 Å². The van der Waals surface area contributed by atoms with E-state index in [1.807, 2.05) is 6.07 Å². The molecule has 7 heteroatoms. The number of aromatic nitrogens is 1. The fraction of sp³-hybridized carbons (Fsp3) is 0.0833. The maximum atomic E-state index is 13.4. The summed E-state index contributed by atoms with van der Waals surface area (Å²) >= 11 is 0. The van der Waals surface area contributed by atoms with Gasteiger partial charge in [-0.3, -0.25) is 9.59 Å². The molecule has 0 bridgehead atoms. The van der Waals surface area contributed by atoms with E-state index in [-0.39, 0.29) is 16.4 Å². The van der Waals surface area contributed by atoms with E-state index in [0.717, 1.165) is 3.97 Å². The lowest BCUT2D eigenvalue weighted by Crippen LogP contribution is -2.20. The fourth-order valence-corrected chi connectivity index (χ4v) is 5.13. The van der Waals surface area contributed by atoms with Gasteiger partial charge in [0.2, 0.25) is 0 Å². The Kier molecular flexibility index (Phi) is 5.20. The predicted molar refractivity (Wildman–Crippen MR) is 117 cm³/mol. The van der Waals surface area contributed by atoms with Gasteiger partial charge in [-0.15, -0.1) is 0 Å². The fourth-order valence-electron chi connectivity index (χ4n) is 3.50. The highest BCUT2D eigenvalue weighted by Crippen LogP contribution is 2.31. The van der Waals surface area contributed by atoms with Crippen LogP contribution in [0.1, 0.15) is 34.5 Å². The molecule has 0 aliphatic carbocycles. The molecule has 0 amide bonds. The van der Waals surface area contributed by atoms with Crippen LogP contribution in [0.4, 0.5) is 0 Å². The van der Waals surface area contributed by atoms with E-state index in [9.17, 15) is 23.1 Å². The summed E-state index contributed by atoms with van der Waals surface area (Å²) in [5.41, 5.74) is 1.34. The van der Waals surface area contributed by atoms with E-state index < -0.39 is 21.9 Å². The van der Waals surface area contributed by atoms with E-state index in [4.69, 9.17) is 0 Å². The number of carboxylic acids is 1. The van der Waals surface area contributed by atoms with E-state index in [2.05, 4.69) is 0 Å². The van der Waals surface area contributed by atoms with Gasteiger partial charge in [-0.1, -0.05) is 48.5 Å². The van der Waals surface area contributed by atoms with Crippen LogP contribution in [0, 0.1) is 0 Å². The second-order valence-corrected chi connectivity index (χ2v) is 8.97. The molecule has 31 heavy (non-hydrogen) atoms. The molecule has 4 rings (SSSR count). The van der Waals surface area contributed by atoms with Crippen LogP contribution in [0.25, 0.3) is 10.9 Å². The average molecular weight is 433 g/mol. The molecule has 1 N–H and O–H groups in total. The Bertz CT molecular complexity index is 1390. The van der Waals surface area contributed by atoms with Gasteiger partial charge in [-0.25, -0.2) is 12.4 Å². The standard InChI is InChI=1S/C24H19NO5S/c1-16(24(27)28)22-15-19-14-18(23(26)17-8-4-2-5-9-17)12-13-21(19)25(22)31(29,30)20-10-6-3-7-11-20/h2-16H,1H3,(H,27,28). The van der Waals surface area contributed by atoms with Gasteiger partial charge in [0.15, 0.2) is 5.78 Å². The number of aliphatic carboxylic acids is 1. The van der Waals surface area contributed by atoms with Gasteiger partial charge in [-0.05, 0) is 43.3 Å². The molecule has 4 aromatic rings. The first-order chi connectivity index (χ1) is 14.8. The van der Waals surface area contributed by atoms with Gasteiger partial charge in [0.05, 0.1) is 16.3 Å². The molecule has 0 saturated heterocycles. The maximum Gasteiger partial charge on any atom is 0.312 e. The quantitative estimate of drug-likeness (QED) is 0.458. The minimum Gasteiger partial charge on any atom is -0.481 e. The Morgan fingerprint density at radius 3 is 2.06 bits per heavy atom. The van der Waals surface area contributed by atoms with Crippen LogP contribution < -0.4 is 0 Å². The van der Waals surface area contributed by atoms with Gasteiger partial charge in [-0.2, -0.15) is 0 Å². The van der Waals surface area contributed by atoms with Gasteiger partial charge < -0.3 is 5.11 Å². The monoisotopic (exact) mass is 433 g/mol. The minimum absolute atomic E-state index is 0.0516. The maximum absolute atomic E-state index is 13.4. The molecule has 0 fully saturated rings. The molecule has 156 valence electrons. The number of hydrogen-bond donors (Lipinski definition) is 1. The number of fused-ring (bicyclic) bond motifs is 1. The van der Waals surface area contributed by atoms with Crippen molar-refractivity contribution in [1.82, 2.24) is 3.97 Å². The molecular weight excluding hydrogens is 414 g/mol. The van der Waals surface area contributed by atoms with E-state index in [0.29, 0.717) is 22.0 Å². The summed E-state index contributed by atoms with van der Waals surface area (Å²) in [6.07, 6.45) is 0. The number of nitrogens with zero attached hydrogens (tertiary/aromatic N) is 1. The first-order valence-electron chi connectivity index (χ1n) is 9.59. The Morgan fingerprint density at radius 2 is 1.45 bits per heavy atom. The number of carbonyl (C=O) groups is 2. The highest BCUT2D eigenvalue weighted by atomic mass is 32.2. The number of ketones is 1. The highest BCUT2D eigenvalue weighted by Gasteiger charge is 2.28. The highest BCUT2D eigenvalue weighted by molar-refractivity contribution is 7.90. The Morgan fingerprint density at radius 1 is 0.839 bits per heavy atom.